The quantitative estimate of drug-likeness (QED) is 0.636. The minimum absolute atomic E-state index is 0.0965. The summed E-state index contributed by atoms with van der Waals surface area (Å²) in [6.07, 6.45) is 1.45. The van der Waals surface area contributed by atoms with Crippen molar-refractivity contribution in [2.24, 2.45) is 0 Å². The predicted molar refractivity (Wildman–Crippen MR) is 54.5 cm³/mol. The monoisotopic (exact) mass is 194 g/mol. The molecule has 14 heavy (non-hydrogen) atoms. The van der Waals surface area contributed by atoms with Crippen LogP contribution in [0, 0.1) is 0 Å². The van der Waals surface area contributed by atoms with Crippen LogP contribution in [0.1, 0.15) is 6.92 Å². The van der Waals surface area contributed by atoms with Gasteiger partial charge >= 0.3 is 0 Å². The fourth-order valence-electron chi connectivity index (χ4n) is 1.70. The van der Waals surface area contributed by atoms with E-state index in [0.29, 0.717) is 6.04 Å². The molecule has 0 bridgehead atoms. The molecule has 0 saturated carbocycles. The Labute approximate surface area is 82.2 Å². The summed E-state index contributed by atoms with van der Waals surface area (Å²) in [7, 11) is 0. The Morgan fingerprint density at radius 1 is 1.64 bits per heavy atom. The first-order valence-corrected chi connectivity index (χ1v) is 4.79. The Bertz CT molecular complexity index is 362. The van der Waals surface area contributed by atoms with Gasteiger partial charge in [-0.25, -0.2) is 4.98 Å². The molecule has 1 saturated heterocycles. The zero-order chi connectivity index (χ0) is 9.97. The summed E-state index contributed by atoms with van der Waals surface area (Å²) in [5.41, 5.74) is -0.0965. The third-order valence-corrected chi connectivity index (χ3v) is 2.46. The Kier molecular flexibility index (Phi) is 2.49. The molecule has 1 aromatic heterocycles. The van der Waals surface area contributed by atoms with Crippen molar-refractivity contribution in [3.63, 3.8) is 0 Å². The maximum Gasteiger partial charge on any atom is 0.252 e. The molecule has 76 valence electrons. The van der Waals surface area contributed by atoms with Crippen LogP contribution in [0.2, 0.25) is 0 Å². The molecule has 0 amide bonds. The summed E-state index contributed by atoms with van der Waals surface area (Å²) < 4.78 is 0. The van der Waals surface area contributed by atoms with Crippen LogP contribution < -0.4 is 15.8 Å². The average Bonchev–Trinajstić information content (AvgIpc) is 2.18. The number of aromatic amines is 1. The van der Waals surface area contributed by atoms with Gasteiger partial charge in [0.2, 0.25) is 0 Å². The molecule has 5 heteroatoms. The highest BCUT2D eigenvalue weighted by Crippen LogP contribution is 2.11. The molecule has 1 unspecified atom stereocenters. The average molecular weight is 194 g/mol. The van der Waals surface area contributed by atoms with E-state index in [-0.39, 0.29) is 5.56 Å². The van der Waals surface area contributed by atoms with Crippen LogP contribution in [-0.2, 0) is 0 Å². The van der Waals surface area contributed by atoms with E-state index in [2.05, 4.69) is 27.1 Å². The number of hydrogen-bond acceptors (Lipinski definition) is 4. The van der Waals surface area contributed by atoms with E-state index >= 15 is 0 Å². The Morgan fingerprint density at radius 2 is 2.50 bits per heavy atom. The van der Waals surface area contributed by atoms with Crippen molar-refractivity contribution in [3.05, 3.63) is 22.7 Å². The summed E-state index contributed by atoms with van der Waals surface area (Å²) in [4.78, 5) is 19.9. The van der Waals surface area contributed by atoms with Crippen LogP contribution in [0.15, 0.2) is 17.2 Å². The van der Waals surface area contributed by atoms with Crippen molar-refractivity contribution in [2.45, 2.75) is 13.0 Å². The van der Waals surface area contributed by atoms with E-state index in [1.807, 2.05) is 0 Å². The van der Waals surface area contributed by atoms with Crippen LogP contribution in [0.25, 0.3) is 0 Å². The summed E-state index contributed by atoms with van der Waals surface area (Å²) in [5.74, 6) is 0.766. The lowest BCUT2D eigenvalue weighted by Crippen LogP contribution is -2.50. The lowest BCUT2D eigenvalue weighted by molar-refractivity contribution is 0.496. The zero-order valence-electron chi connectivity index (χ0n) is 8.16. The number of anilines is 1. The van der Waals surface area contributed by atoms with E-state index in [9.17, 15) is 4.79 Å². The molecule has 2 rings (SSSR count). The number of nitrogens with one attached hydrogen (secondary N) is 2. The Morgan fingerprint density at radius 3 is 3.21 bits per heavy atom. The van der Waals surface area contributed by atoms with Gasteiger partial charge in [-0.05, 0) is 6.92 Å². The molecule has 0 spiro atoms. The normalized spacial score (nSPS) is 22.4. The van der Waals surface area contributed by atoms with E-state index in [0.717, 1.165) is 25.5 Å². The molecule has 0 radical (unpaired) electrons. The van der Waals surface area contributed by atoms with Gasteiger partial charge in [0, 0.05) is 31.7 Å². The second kappa shape index (κ2) is 3.79. The second-order valence-electron chi connectivity index (χ2n) is 3.52. The van der Waals surface area contributed by atoms with Gasteiger partial charge in [-0.1, -0.05) is 0 Å². The minimum Gasteiger partial charge on any atom is -0.351 e. The standard InChI is InChI=1S/C9H14N4O/c1-7-5-10-2-3-13(7)8-4-9(14)12-6-11-8/h4,6-7,10H,2-3,5H2,1H3,(H,11,12,14). The molecule has 0 aliphatic carbocycles. The van der Waals surface area contributed by atoms with E-state index < -0.39 is 0 Å². The molecule has 1 aliphatic rings. The molecule has 2 N–H and O–H groups in total. The third kappa shape index (κ3) is 1.77. The summed E-state index contributed by atoms with van der Waals surface area (Å²) in [5, 5.41) is 3.29. The Hall–Kier alpha value is -1.36. The van der Waals surface area contributed by atoms with E-state index in [1.54, 1.807) is 6.07 Å². The number of hydrogen-bond donors (Lipinski definition) is 2. The van der Waals surface area contributed by atoms with Gasteiger partial charge in [-0.15, -0.1) is 0 Å². The van der Waals surface area contributed by atoms with Gasteiger partial charge in [-0.3, -0.25) is 4.79 Å². The van der Waals surface area contributed by atoms with Crippen molar-refractivity contribution in [3.8, 4) is 0 Å². The maximum absolute atomic E-state index is 11.1. The van der Waals surface area contributed by atoms with E-state index in [4.69, 9.17) is 0 Å². The third-order valence-electron chi connectivity index (χ3n) is 2.46. The summed E-state index contributed by atoms with van der Waals surface area (Å²) >= 11 is 0. The van der Waals surface area contributed by atoms with Gasteiger partial charge in [0.05, 0.1) is 6.33 Å². The molecule has 5 nitrogen and oxygen atoms in total. The summed E-state index contributed by atoms with van der Waals surface area (Å²) in [6, 6.07) is 1.93. The molecule has 2 heterocycles. The lowest BCUT2D eigenvalue weighted by Gasteiger charge is -2.34. The Balaban J connectivity index is 2.24. The first-order chi connectivity index (χ1) is 6.77. The second-order valence-corrected chi connectivity index (χ2v) is 3.52. The largest absolute Gasteiger partial charge is 0.351 e. The molecule has 1 aromatic rings. The zero-order valence-corrected chi connectivity index (χ0v) is 8.16. The number of H-pyrrole nitrogens is 1. The van der Waals surface area contributed by atoms with Crippen LogP contribution in [-0.4, -0.2) is 35.6 Å². The fraction of sp³-hybridized carbons (Fsp3) is 0.556. The van der Waals surface area contributed by atoms with Gasteiger partial charge in [0.25, 0.3) is 5.56 Å². The van der Waals surface area contributed by atoms with Crippen molar-refractivity contribution < 1.29 is 0 Å². The van der Waals surface area contributed by atoms with Gasteiger partial charge < -0.3 is 15.2 Å². The number of piperazine rings is 1. The van der Waals surface area contributed by atoms with Crippen molar-refractivity contribution >= 4 is 5.82 Å². The van der Waals surface area contributed by atoms with Crippen molar-refractivity contribution in [2.75, 3.05) is 24.5 Å². The highest BCUT2D eigenvalue weighted by Gasteiger charge is 2.18. The van der Waals surface area contributed by atoms with Crippen LogP contribution >= 0.6 is 0 Å². The maximum atomic E-state index is 11.1. The molecule has 0 aromatic carbocycles. The molecule has 1 atom stereocenters. The van der Waals surface area contributed by atoms with Crippen molar-refractivity contribution in [1.82, 2.24) is 15.3 Å². The van der Waals surface area contributed by atoms with Gasteiger partial charge in [0.1, 0.15) is 5.82 Å². The van der Waals surface area contributed by atoms with Gasteiger partial charge in [-0.2, -0.15) is 0 Å². The topological polar surface area (TPSA) is 61.0 Å². The smallest absolute Gasteiger partial charge is 0.252 e. The predicted octanol–water partition coefficient (Wildman–Crippen LogP) is -0.432. The van der Waals surface area contributed by atoms with Gasteiger partial charge in [0.15, 0.2) is 0 Å². The van der Waals surface area contributed by atoms with Crippen LogP contribution in [0.5, 0.6) is 0 Å². The number of rotatable bonds is 1. The molecular weight excluding hydrogens is 180 g/mol. The highest BCUT2D eigenvalue weighted by atomic mass is 16.1. The molecular formula is C9H14N4O. The minimum atomic E-state index is -0.0965. The molecule has 1 fully saturated rings. The van der Waals surface area contributed by atoms with Crippen molar-refractivity contribution in [1.29, 1.82) is 0 Å². The molecule has 1 aliphatic heterocycles. The number of aromatic nitrogens is 2. The summed E-state index contributed by atoms with van der Waals surface area (Å²) in [6.45, 7) is 4.90. The first kappa shape index (κ1) is 9.21. The van der Waals surface area contributed by atoms with Crippen LogP contribution in [0.4, 0.5) is 5.82 Å². The lowest BCUT2D eigenvalue weighted by atomic mass is 10.2. The highest BCUT2D eigenvalue weighted by molar-refractivity contribution is 5.38. The SMILES string of the molecule is CC1CNCCN1c1cc(=O)[nH]cn1. The van der Waals surface area contributed by atoms with E-state index in [1.165, 1.54) is 6.33 Å². The first-order valence-electron chi connectivity index (χ1n) is 4.79. The van der Waals surface area contributed by atoms with Crippen LogP contribution in [0.3, 0.4) is 0 Å². The number of nitrogens with zero attached hydrogens (tertiary/aromatic N) is 2. The fourth-order valence-corrected chi connectivity index (χ4v) is 1.70.